The van der Waals surface area contributed by atoms with Crippen molar-refractivity contribution in [3.05, 3.63) is 24.3 Å². The van der Waals surface area contributed by atoms with E-state index in [0.717, 1.165) is 38.2 Å². The van der Waals surface area contributed by atoms with Crippen molar-refractivity contribution >= 4 is 5.91 Å². The van der Waals surface area contributed by atoms with Gasteiger partial charge in [0.15, 0.2) is 0 Å². The smallest absolute Gasteiger partial charge is 0.222 e. The number of hydrogen-bond donors (Lipinski definition) is 1. The van der Waals surface area contributed by atoms with Gasteiger partial charge in [0.2, 0.25) is 5.91 Å². The highest BCUT2D eigenvalue weighted by atomic mass is 16.2. The number of likely N-dealkylation sites (tertiary alicyclic amines) is 1. The molecule has 0 aliphatic carbocycles. The van der Waals surface area contributed by atoms with Crippen LogP contribution >= 0.6 is 0 Å². The van der Waals surface area contributed by atoms with Crippen molar-refractivity contribution in [2.75, 3.05) is 19.6 Å². The number of aromatic nitrogens is 2. The Morgan fingerprint density at radius 2 is 2.14 bits per heavy atom. The lowest BCUT2D eigenvalue weighted by molar-refractivity contribution is -0.141. The van der Waals surface area contributed by atoms with E-state index in [9.17, 15) is 4.79 Å². The zero-order valence-electron chi connectivity index (χ0n) is 12.7. The van der Waals surface area contributed by atoms with Crippen molar-refractivity contribution in [3.63, 3.8) is 0 Å². The second-order valence-electron chi connectivity index (χ2n) is 6.52. The van der Waals surface area contributed by atoms with Crippen molar-refractivity contribution in [2.45, 2.75) is 45.1 Å². The number of piperidine rings is 2. The molecule has 1 unspecified atom stereocenters. The minimum absolute atomic E-state index is 0.196. The molecule has 2 aliphatic rings. The van der Waals surface area contributed by atoms with Crippen LogP contribution in [0.2, 0.25) is 0 Å². The first kappa shape index (κ1) is 14.4. The molecule has 0 radical (unpaired) electrons. The number of amides is 1. The van der Waals surface area contributed by atoms with E-state index in [4.69, 9.17) is 0 Å². The molecule has 114 valence electrons. The number of nitrogens with zero attached hydrogens (tertiary/aromatic N) is 3. The molecule has 2 fully saturated rings. The number of nitrogens with one attached hydrogen (secondary N) is 1. The minimum Gasteiger partial charge on any atom is -0.339 e. The Bertz CT molecular complexity index is 484. The lowest BCUT2D eigenvalue weighted by Crippen LogP contribution is -2.53. The molecule has 3 heterocycles. The fourth-order valence-corrected chi connectivity index (χ4v) is 3.66. The molecule has 1 aromatic heterocycles. The van der Waals surface area contributed by atoms with E-state index < -0.39 is 0 Å². The lowest BCUT2D eigenvalue weighted by Gasteiger charge is -2.47. The Morgan fingerprint density at radius 3 is 2.86 bits per heavy atom. The summed E-state index contributed by atoms with van der Waals surface area (Å²) in [6.07, 6.45) is 10.1. The highest BCUT2D eigenvalue weighted by Crippen LogP contribution is 2.39. The first-order valence-electron chi connectivity index (χ1n) is 7.94. The van der Waals surface area contributed by atoms with Gasteiger partial charge >= 0.3 is 0 Å². The molecule has 0 saturated carbocycles. The van der Waals surface area contributed by atoms with Crippen LogP contribution in [0, 0.1) is 5.41 Å². The molecule has 3 rings (SSSR count). The maximum Gasteiger partial charge on any atom is 0.222 e. The first-order chi connectivity index (χ1) is 10.2. The van der Waals surface area contributed by atoms with Crippen molar-refractivity contribution in [1.82, 2.24) is 20.2 Å². The maximum atomic E-state index is 12.3. The summed E-state index contributed by atoms with van der Waals surface area (Å²) in [7, 11) is 0. The molecule has 5 heteroatoms. The predicted octanol–water partition coefficient (Wildman–Crippen LogP) is 1.40. The van der Waals surface area contributed by atoms with Crippen LogP contribution in [0.15, 0.2) is 18.6 Å². The normalized spacial score (nSPS) is 23.3. The summed E-state index contributed by atoms with van der Waals surface area (Å²) in [6, 6.07) is 0.196. The van der Waals surface area contributed by atoms with Gasteiger partial charge in [-0.1, -0.05) is 0 Å². The van der Waals surface area contributed by atoms with Crippen LogP contribution in [0.5, 0.6) is 0 Å². The molecule has 0 aromatic carbocycles. The highest BCUT2D eigenvalue weighted by Gasteiger charge is 2.40. The summed E-state index contributed by atoms with van der Waals surface area (Å²) < 4.78 is 0. The zero-order valence-corrected chi connectivity index (χ0v) is 12.7. The maximum absolute atomic E-state index is 12.3. The Kier molecular flexibility index (Phi) is 4.19. The van der Waals surface area contributed by atoms with Crippen LogP contribution < -0.4 is 5.32 Å². The quantitative estimate of drug-likeness (QED) is 0.913. The third-order valence-electron chi connectivity index (χ3n) is 5.01. The molecular formula is C16H24N4O. The van der Waals surface area contributed by atoms with Crippen LogP contribution in [0.3, 0.4) is 0 Å². The van der Waals surface area contributed by atoms with E-state index in [0.29, 0.717) is 17.7 Å². The average molecular weight is 288 g/mol. The Hall–Kier alpha value is -1.49. The van der Waals surface area contributed by atoms with E-state index in [1.54, 1.807) is 18.6 Å². The molecule has 5 nitrogen and oxygen atoms in total. The third kappa shape index (κ3) is 3.23. The number of carbonyl (C=O) groups is 1. The topological polar surface area (TPSA) is 58.1 Å². The summed E-state index contributed by atoms with van der Waals surface area (Å²) in [4.78, 5) is 22.9. The molecule has 2 aliphatic heterocycles. The summed E-state index contributed by atoms with van der Waals surface area (Å²) >= 11 is 0. The molecule has 1 atom stereocenters. The largest absolute Gasteiger partial charge is 0.339 e. The van der Waals surface area contributed by atoms with Gasteiger partial charge in [0.1, 0.15) is 0 Å². The first-order valence-corrected chi connectivity index (χ1v) is 7.94. The van der Waals surface area contributed by atoms with Crippen molar-refractivity contribution in [1.29, 1.82) is 0 Å². The monoisotopic (exact) mass is 288 g/mol. The number of rotatable bonds is 3. The molecule has 21 heavy (non-hydrogen) atoms. The second kappa shape index (κ2) is 6.10. The predicted molar refractivity (Wildman–Crippen MR) is 80.7 cm³/mol. The molecule has 1 N–H and O–H groups in total. The summed E-state index contributed by atoms with van der Waals surface area (Å²) in [5, 5.41) is 3.43. The molecular weight excluding hydrogens is 264 g/mol. The Labute approximate surface area is 126 Å². The van der Waals surface area contributed by atoms with E-state index in [2.05, 4.69) is 27.1 Å². The van der Waals surface area contributed by atoms with E-state index >= 15 is 0 Å². The molecule has 1 spiro atoms. The van der Waals surface area contributed by atoms with Crippen LogP contribution in [-0.2, 0) is 11.2 Å². The summed E-state index contributed by atoms with van der Waals surface area (Å²) in [5.74, 6) is 0.301. The lowest BCUT2D eigenvalue weighted by atomic mass is 9.72. The van der Waals surface area contributed by atoms with E-state index in [1.165, 1.54) is 12.8 Å². The van der Waals surface area contributed by atoms with Gasteiger partial charge in [0.25, 0.3) is 0 Å². The van der Waals surface area contributed by atoms with Crippen LogP contribution in [0.25, 0.3) is 0 Å². The average Bonchev–Trinajstić information content (AvgIpc) is 2.52. The zero-order chi connectivity index (χ0) is 14.7. The van der Waals surface area contributed by atoms with Gasteiger partial charge in [0, 0.05) is 44.0 Å². The molecule has 1 aromatic rings. The van der Waals surface area contributed by atoms with Crippen molar-refractivity contribution in [3.8, 4) is 0 Å². The van der Waals surface area contributed by atoms with Gasteiger partial charge in [-0.3, -0.25) is 14.8 Å². The Balaban J connectivity index is 1.68. The third-order valence-corrected chi connectivity index (χ3v) is 5.01. The molecule has 2 saturated heterocycles. The van der Waals surface area contributed by atoms with Crippen molar-refractivity contribution in [2.24, 2.45) is 5.41 Å². The van der Waals surface area contributed by atoms with Gasteiger partial charge < -0.3 is 10.2 Å². The van der Waals surface area contributed by atoms with Gasteiger partial charge in [-0.05, 0) is 44.7 Å². The van der Waals surface area contributed by atoms with Gasteiger partial charge in [-0.15, -0.1) is 0 Å². The van der Waals surface area contributed by atoms with Gasteiger partial charge in [-0.2, -0.15) is 0 Å². The Morgan fingerprint density at radius 1 is 1.33 bits per heavy atom. The minimum atomic E-state index is 0.196. The van der Waals surface area contributed by atoms with Crippen molar-refractivity contribution < 1.29 is 4.79 Å². The SMILES string of the molecule is CC(Cc1cnccn1)N1CC2(CCNCC2)CCC1=O. The molecule has 0 bridgehead atoms. The summed E-state index contributed by atoms with van der Waals surface area (Å²) in [5.41, 5.74) is 1.30. The van der Waals surface area contributed by atoms with E-state index in [1.807, 2.05) is 0 Å². The molecule has 1 amide bonds. The summed E-state index contributed by atoms with van der Waals surface area (Å²) in [6.45, 7) is 5.21. The highest BCUT2D eigenvalue weighted by molar-refractivity contribution is 5.77. The second-order valence-corrected chi connectivity index (χ2v) is 6.52. The van der Waals surface area contributed by atoms with E-state index in [-0.39, 0.29) is 6.04 Å². The van der Waals surface area contributed by atoms with Gasteiger partial charge in [-0.25, -0.2) is 0 Å². The number of hydrogen-bond acceptors (Lipinski definition) is 4. The fourth-order valence-electron chi connectivity index (χ4n) is 3.66. The number of carbonyl (C=O) groups excluding carboxylic acids is 1. The van der Waals surface area contributed by atoms with Crippen LogP contribution in [-0.4, -0.2) is 46.5 Å². The fraction of sp³-hybridized carbons (Fsp3) is 0.688. The van der Waals surface area contributed by atoms with Crippen LogP contribution in [0.4, 0.5) is 0 Å². The standard InChI is InChI=1S/C16H24N4O/c1-13(10-14-11-18-8-9-19-14)20-12-16(3-2-15(20)21)4-6-17-7-5-16/h8-9,11,13,17H,2-7,10,12H2,1H3. The van der Waals surface area contributed by atoms with Crippen LogP contribution in [0.1, 0.15) is 38.3 Å². The van der Waals surface area contributed by atoms with Gasteiger partial charge in [0.05, 0.1) is 5.69 Å².